The van der Waals surface area contributed by atoms with E-state index in [9.17, 15) is 9.90 Å². The molecular formula is C21H23ClN4O3. The van der Waals surface area contributed by atoms with Gasteiger partial charge >= 0.3 is 6.09 Å². The van der Waals surface area contributed by atoms with E-state index >= 15 is 0 Å². The van der Waals surface area contributed by atoms with E-state index in [-0.39, 0.29) is 11.8 Å². The highest BCUT2D eigenvalue weighted by Crippen LogP contribution is 2.35. The standard InChI is InChI=1S/C21H23ClN4O3/c1-13-9-16(22)11-18(27)19(13)17-10-15-5-8-26(20(15)24-23-17)12-14-3-6-25(7-4-14)21(28)29-2/h5,8-11,14,27H,3-4,6-7,12H2,1-2H3. The Morgan fingerprint density at radius 3 is 2.72 bits per heavy atom. The predicted molar refractivity (Wildman–Crippen MR) is 111 cm³/mol. The highest BCUT2D eigenvalue weighted by atomic mass is 35.5. The molecule has 3 aromatic rings. The number of hydrogen-bond acceptors (Lipinski definition) is 5. The molecule has 1 aliphatic rings. The Morgan fingerprint density at radius 2 is 2.03 bits per heavy atom. The molecular weight excluding hydrogens is 392 g/mol. The number of piperidine rings is 1. The second kappa shape index (κ2) is 7.91. The Labute approximate surface area is 173 Å². The van der Waals surface area contributed by atoms with Crippen LogP contribution in [0, 0.1) is 12.8 Å². The lowest BCUT2D eigenvalue weighted by molar-refractivity contribution is 0.104. The summed E-state index contributed by atoms with van der Waals surface area (Å²) >= 11 is 6.01. The zero-order valence-corrected chi connectivity index (χ0v) is 17.2. The lowest BCUT2D eigenvalue weighted by Crippen LogP contribution is -2.39. The van der Waals surface area contributed by atoms with E-state index in [1.54, 1.807) is 11.0 Å². The molecule has 1 fully saturated rings. The summed E-state index contributed by atoms with van der Waals surface area (Å²) in [4.78, 5) is 13.4. The molecule has 0 saturated carbocycles. The number of likely N-dealkylation sites (tertiary alicyclic amines) is 1. The van der Waals surface area contributed by atoms with Crippen LogP contribution in [0.25, 0.3) is 22.3 Å². The number of rotatable bonds is 3. The fraction of sp³-hybridized carbons (Fsp3) is 0.381. The van der Waals surface area contributed by atoms with E-state index < -0.39 is 0 Å². The number of aryl methyl sites for hydroxylation is 1. The molecule has 7 nitrogen and oxygen atoms in total. The number of phenols is 1. The summed E-state index contributed by atoms with van der Waals surface area (Å²) in [6, 6.07) is 7.27. The van der Waals surface area contributed by atoms with E-state index in [1.165, 1.54) is 13.2 Å². The van der Waals surface area contributed by atoms with Crippen molar-refractivity contribution >= 4 is 28.7 Å². The van der Waals surface area contributed by atoms with Crippen molar-refractivity contribution in [2.24, 2.45) is 5.92 Å². The van der Waals surface area contributed by atoms with Crippen LogP contribution in [0.4, 0.5) is 4.79 Å². The lowest BCUT2D eigenvalue weighted by atomic mass is 9.97. The number of ether oxygens (including phenoxy) is 1. The van der Waals surface area contributed by atoms with Gasteiger partial charge in [0.05, 0.1) is 12.8 Å². The molecule has 1 N–H and O–H groups in total. The first-order valence-electron chi connectivity index (χ1n) is 9.61. The molecule has 8 heteroatoms. The van der Waals surface area contributed by atoms with Gasteiger partial charge in [0.15, 0.2) is 5.65 Å². The summed E-state index contributed by atoms with van der Waals surface area (Å²) in [6.45, 7) is 4.14. The number of aromatic nitrogens is 3. The highest BCUT2D eigenvalue weighted by Gasteiger charge is 2.24. The van der Waals surface area contributed by atoms with Crippen LogP contribution in [0.1, 0.15) is 18.4 Å². The highest BCUT2D eigenvalue weighted by molar-refractivity contribution is 6.31. The van der Waals surface area contributed by atoms with Crippen molar-refractivity contribution in [3.63, 3.8) is 0 Å². The normalized spacial score (nSPS) is 15.1. The summed E-state index contributed by atoms with van der Waals surface area (Å²) in [5.74, 6) is 0.566. The lowest BCUT2D eigenvalue weighted by Gasteiger charge is -2.31. The molecule has 0 aliphatic carbocycles. The van der Waals surface area contributed by atoms with Gasteiger partial charge in [-0.1, -0.05) is 11.6 Å². The molecule has 0 radical (unpaired) electrons. The number of nitrogens with zero attached hydrogens (tertiary/aromatic N) is 4. The smallest absolute Gasteiger partial charge is 0.409 e. The van der Waals surface area contributed by atoms with Gasteiger partial charge in [0.25, 0.3) is 0 Å². The van der Waals surface area contributed by atoms with Crippen LogP contribution in [0.2, 0.25) is 5.02 Å². The van der Waals surface area contributed by atoms with Crippen molar-refractivity contribution < 1.29 is 14.6 Å². The van der Waals surface area contributed by atoms with Gasteiger partial charge in [0, 0.05) is 41.8 Å². The Morgan fingerprint density at radius 1 is 1.28 bits per heavy atom. The van der Waals surface area contributed by atoms with E-state index in [0.717, 1.165) is 36.0 Å². The molecule has 2 aromatic heterocycles. The minimum atomic E-state index is -0.256. The van der Waals surface area contributed by atoms with E-state index in [4.69, 9.17) is 16.3 Å². The summed E-state index contributed by atoms with van der Waals surface area (Å²) in [5, 5.41) is 20.5. The third-order valence-corrected chi connectivity index (χ3v) is 5.77. The molecule has 0 spiro atoms. The van der Waals surface area contributed by atoms with Crippen molar-refractivity contribution in [1.29, 1.82) is 0 Å². The maximum absolute atomic E-state index is 11.6. The molecule has 1 aromatic carbocycles. The number of hydrogen-bond donors (Lipinski definition) is 1. The molecule has 152 valence electrons. The maximum Gasteiger partial charge on any atom is 0.409 e. The van der Waals surface area contributed by atoms with Crippen LogP contribution in [-0.2, 0) is 11.3 Å². The van der Waals surface area contributed by atoms with Crippen LogP contribution in [0.5, 0.6) is 5.75 Å². The number of carbonyl (C=O) groups excluding carboxylic acids is 1. The molecule has 0 unspecified atom stereocenters. The van der Waals surface area contributed by atoms with Gasteiger partial charge < -0.3 is 19.3 Å². The summed E-state index contributed by atoms with van der Waals surface area (Å²) in [5.41, 5.74) is 2.93. The van der Waals surface area contributed by atoms with Crippen molar-refractivity contribution in [2.75, 3.05) is 20.2 Å². The van der Waals surface area contributed by atoms with Crippen molar-refractivity contribution in [3.8, 4) is 17.0 Å². The van der Waals surface area contributed by atoms with Gasteiger partial charge in [0.1, 0.15) is 5.75 Å². The first kappa shape index (κ1) is 19.5. The second-order valence-corrected chi connectivity index (χ2v) is 7.93. The van der Waals surface area contributed by atoms with Gasteiger partial charge in [-0.25, -0.2) is 4.79 Å². The van der Waals surface area contributed by atoms with Gasteiger partial charge in [-0.15, -0.1) is 10.2 Å². The fourth-order valence-electron chi connectivity index (χ4n) is 4.02. The molecule has 0 atom stereocenters. The van der Waals surface area contributed by atoms with Crippen LogP contribution in [0.15, 0.2) is 30.5 Å². The number of methoxy groups -OCH3 is 1. The number of amides is 1. The molecule has 1 saturated heterocycles. The molecule has 0 bridgehead atoms. The van der Waals surface area contributed by atoms with Gasteiger partial charge in [0.2, 0.25) is 0 Å². The second-order valence-electron chi connectivity index (χ2n) is 7.49. The first-order valence-corrected chi connectivity index (χ1v) is 9.99. The molecule has 1 amide bonds. The maximum atomic E-state index is 11.6. The third-order valence-electron chi connectivity index (χ3n) is 5.55. The third kappa shape index (κ3) is 3.87. The number of fused-ring (bicyclic) bond motifs is 1. The van der Waals surface area contributed by atoms with E-state index in [2.05, 4.69) is 14.8 Å². The average molecular weight is 415 g/mol. The molecule has 3 heterocycles. The number of benzene rings is 1. The Hall–Kier alpha value is -2.80. The molecule has 4 rings (SSSR count). The van der Waals surface area contributed by atoms with Gasteiger partial charge in [-0.3, -0.25) is 0 Å². The minimum Gasteiger partial charge on any atom is -0.507 e. The van der Waals surface area contributed by atoms with Crippen LogP contribution in [-0.4, -0.2) is 51.1 Å². The largest absolute Gasteiger partial charge is 0.507 e. The van der Waals surface area contributed by atoms with Crippen molar-refractivity contribution in [1.82, 2.24) is 19.7 Å². The number of aromatic hydroxyl groups is 1. The zero-order valence-electron chi connectivity index (χ0n) is 16.4. The van der Waals surface area contributed by atoms with Crippen molar-refractivity contribution in [3.05, 3.63) is 41.0 Å². The van der Waals surface area contributed by atoms with E-state index in [1.807, 2.05) is 25.3 Å². The minimum absolute atomic E-state index is 0.0976. The molecule has 29 heavy (non-hydrogen) atoms. The Balaban J connectivity index is 1.53. The Kier molecular flexibility index (Phi) is 5.32. The number of halogens is 1. The summed E-state index contributed by atoms with van der Waals surface area (Å²) in [6.07, 6.45) is 3.62. The SMILES string of the molecule is COC(=O)N1CCC(Cn2ccc3cc(-c4c(C)cc(Cl)cc4O)nnc32)CC1. The van der Waals surface area contributed by atoms with Crippen molar-refractivity contribution in [2.45, 2.75) is 26.3 Å². The van der Waals surface area contributed by atoms with Crippen LogP contribution < -0.4 is 0 Å². The zero-order chi connectivity index (χ0) is 20.5. The van der Waals surface area contributed by atoms with E-state index in [0.29, 0.717) is 35.3 Å². The van der Waals surface area contributed by atoms with Crippen LogP contribution in [0.3, 0.4) is 0 Å². The Bertz CT molecular complexity index is 1030. The van der Waals surface area contributed by atoms with Crippen LogP contribution >= 0.6 is 11.6 Å². The molecule has 1 aliphatic heterocycles. The summed E-state index contributed by atoms with van der Waals surface area (Å²) < 4.78 is 6.91. The summed E-state index contributed by atoms with van der Waals surface area (Å²) in [7, 11) is 1.42. The first-order chi connectivity index (χ1) is 14.0. The predicted octanol–water partition coefficient (Wildman–Crippen LogP) is 4.24. The monoisotopic (exact) mass is 414 g/mol. The topological polar surface area (TPSA) is 80.5 Å². The van der Waals surface area contributed by atoms with Gasteiger partial charge in [-0.05, 0) is 55.5 Å². The van der Waals surface area contributed by atoms with Gasteiger partial charge in [-0.2, -0.15) is 0 Å². The quantitative estimate of drug-likeness (QED) is 0.693. The number of phenolic OH excluding ortho intramolecular Hbond substituents is 1. The fourth-order valence-corrected chi connectivity index (χ4v) is 4.29. The average Bonchev–Trinajstić information content (AvgIpc) is 3.09. The number of carbonyl (C=O) groups is 1.